The molecule has 0 unspecified atom stereocenters. The van der Waals surface area contributed by atoms with E-state index in [1.807, 2.05) is 6.07 Å². The van der Waals surface area contributed by atoms with Gasteiger partial charge in [-0.3, -0.25) is 4.79 Å². The van der Waals surface area contributed by atoms with Crippen LogP contribution in [0.15, 0.2) is 41.3 Å². The van der Waals surface area contributed by atoms with Gasteiger partial charge >= 0.3 is 0 Å². The van der Waals surface area contributed by atoms with Gasteiger partial charge in [-0.15, -0.1) is 0 Å². The summed E-state index contributed by atoms with van der Waals surface area (Å²) in [7, 11) is -3.61. The van der Waals surface area contributed by atoms with Crippen molar-refractivity contribution in [2.24, 2.45) is 0 Å². The molecule has 30 heavy (non-hydrogen) atoms. The lowest BCUT2D eigenvalue weighted by atomic mass is 10.2. The van der Waals surface area contributed by atoms with Crippen LogP contribution in [0.1, 0.15) is 28.8 Å². The summed E-state index contributed by atoms with van der Waals surface area (Å²) < 4.78 is 26.9. The minimum absolute atomic E-state index is 0.0886. The Labute approximate surface area is 196 Å². The van der Waals surface area contributed by atoms with Crippen LogP contribution in [-0.4, -0.2) is 44.0 Å². The molecule has 0 aliphatic carbocycles. The van der Waals surface area contributed by atoms with E-state index in [0.717, 1.165) is 18.4 Å². The molecule has 1 aliphatic heterocycles. The molecule has 10 heteroatoms. The lowest BCUT2D eigenvalue weighted by molar-refractivity contribution is 0.0956. The summed E-state index contributed by atoms with van der Waals surface area (Å²) in [5, 5.41) is 4.21. The molecule has 0 radical (unpaired) electrons. The minimum atomic E-state index is -3.61. The van der Waals surface area contributed by atoms with E-state index >= 15 is 0 Å². The Bertz CT molecular complexity index is 1030. The van der Waals surface area contributed by atoms with Crippen molar-refractivity contribution in [3.05, 3.63) is 62.6 Å². The smallest absolute Gasteiger partial charge is 0.252 e. The third kappa shape index (κ3) is 5.84. The Balaban J connectivity index is 1.56. The maximum Gasteiger partial charge on any atom is 0.252 e. The van der Waals surface area contributed by atoms with Crippen LogP contribution in [0.25, 0.3) is 0 Å². The predicted octanol–water partition coefficient (Wildman–Crippen LogP) is 5.09. The first kappa shape index (κ1) is 23.7. The Hall–Kier alpha value is -0.960. The van der Waals surface area contributed by atoms with E-state index in [4.69, 9.17) is 34.8 Å². The van der Waals surface area contributed by atoms with Crippen LogP contribution in [0.4, 0.5) is 0 Å². The van der Waals surface area contributed by atoms with E-state index in [1.54, 1.807) is 23.9 Å². The molecule has 2 aromatic carbocycles. The largest absolute Gasteiger partial charge is 0.351 e. The van der Waals surface area contributed by atoms with E-state index < -0.39 is 15.9 Å². The summed E-state index contributed by atoms with van der Waals surface area (Å²) in [6.07, 6.45) is 1.69. The van der Waals surface area contributed by atoms with Crippen LogP contribution < -0.4 is 5.32 Å². The molecule has 1 amide bonds. The van der Waals surface area contributed by atoms with Gasteiger partial charge in [-0.2, -0.15) is 16.1 Å². The molecule has 0 spiro atoms. The molecule has 1 N–H and O–H groups in total. The number of carbonyl (C=O) groups excluding carboxylic acids is 1. The third-order valence-corrected chi connectivity index (χ3v) is 8.51. The molecular weight excluding hydrogens is 487 g/mol. The molecule has 0 aromatic heterocycles. The van der Waals surface area contributed by atoms with Crippen molar-refractivity contribution in [3.8, 4) is 0 Å². The Kier molecular flexibility index (Phi) is 8.35. The van der Waals surface area contributed by atoms with Crippen molar-refractivity contribution in [3.63, 3.8) is 0 Å². The van der Waals surface area contributed by atoms with Gasteiger partial charge in [0.15, 0.2) is 0 Å². The number of nitrogens with zero attached hydrogens (tertiary/aromatic N) is 1. The number of thioether (sulfide) groups is 1. The first-order valence-corrected chi connectivity index (χ1v) is 13.1. The van der Waals surface area contributed by atoms with E-state index in [9.17, 15) is 13.2 Å². The number of sulfonamides is 1. The lowest BCUT2D eigenvalue weighted by Crippen LogP contribution is -2.29. The van der Waals surface area contributed by atoms with Gasteiger partial charge in [-0.1, -0.05) is 40.9 Å². The molecular formula is C20H21Cl3N2O3S2. The SMILES string of the molecule is O=C(NCCSCc1ccc(Cl)cc1Cl)c1cc(S(=O)(=O)N2CCCC2)ccc1Cl. The maximum absolute atomic E-state index is 12.7. The first-order valence-electron chi connectivity index (χ1n) is 9.38. The lowest BCUT2D eigenvalue weighted by Gasteiger charge is -2.16. The summed E-state index contributed by atoms with van der Waals surface area (Å²) >= 11 is 19.8. The van der Waals surface area contributed by atoms with Crippen molar-refractivity contribution < 1.29 is 13.2 Å². The summed E-state index contributed by atoms with van der Waals surface area (Å²) in [6.45, 7) is 1.41. The first-order chi connectivity index (χ1) is 14.3. The zero-order chi connectivity index (χ0) is 21.7. The normalized spacial score (nSPS) is 14.8. The molecule has 2 aromatic rings. The van der Waals surface area contributed by atoms with E-state index in [-0.39, 0.29) is 15.5 Å². The monoisotopic (exact) mass is 506 g/mol. The van der Waals surface area contributed by atoms with Crippen LogP contribution in [-0.2, 0) is 15.8 Å². The molecule has 5 nitrogen and oxygen atoms in total. The highest BCUT2D eigenvalue weighted by Gasteiger charge is 2.28. The standard InChI is InChI=1S/C20H21Cl3N2O3S2/c21-15-4-3-14(19(23)11-15)13-29-10-7-24-20(26)17-12-16(5-6-18(17)22)30(27,28)25-8-1-2-9-25/h3-6,11-12H,1-2,7-10,13H2,(H,24,26). The number of amides is 1. The predicted molar refractivity (Wildman–Crippen MR) is 124 cm³/mol. The van der Waals surface area contributed by atoms with Crippen molar-refractivity contribution >= 4 is 62.5 Å². The highest BCUT2D eigenvalue weighted by Crippen LogP contribution is 2.26. The van der Waals surface area contributed by atoms with Gasteiger partial charge in [0.25, 0.3) is 5.91 Å². The van der Waals surface area contributed by atoms with Gasteiger partial charge in [-0.05, 0) is 48.7 Å². The van der Waals surface area contributed by atoms with Gasteiger partial charge in [-0.25, -0.2) is 8.42 Å². The number of hydrogen-bond donors (Lipinski definition) is 1. The van der Waals surface area contributed by atoms with E-state index in [1.165, 1.54) is 22.5 Å². The van der Waals surface area contributed by atoms with Crippen molar-refractivity contribution in [1.82, 2.24) is 9.62 Å². The van der Waals surface area contributed by atoms with Crippen LogP contribution in [0.3, 0.4) is 0 Å². The average molecular weight is 508 g/mol. The molecule has 3 rings (SSSR count). The zero-order valence-corrected chi connectivity index (χ0v) is 19.9. The van der Waals surface area contributed by atoms with Crippen LogP contribution in [0.5, 0.6) is 0 Å². The summed E-state index contributed by atoms with van der Waals surface area (Å²) in [4.78, 5) is 12.6. The maximum atomic E-state index is 12.7. The average Bonchev–Trinajstić information content (AvgIpc) is 3.25. The van der Waals surface area contributed by atoms with Crippen LogP contribution in [0, 0.1) is 0 Å². The van der Waals surface area contributed by atoms with Gasteiger partial charge in [0.2, 0.25) is 10.0 Å². The number of nitrogens with one attached hydrogen (secondary N) is 1. The summed E-state index contributed by atoms with van der Waals surface area (Å²) in [5.41, 5.74) is 1.13. The topological polar surface area (TPSA) is 66.5 Å². The fourth-order valence-corrected chi connectivity index (χ4v) is 6.23. The molecule has 1 fully saturated rings. The van der Waals surface area contributed by atoms with E-state index in [2.05, 4.69) is 5.32 Å². The number of hydrogen-bond acceptors (Lipinski definition) is 4. The van der Waals surface area contributed by atoms with Crippen LogP contribution >= 0.6 is 46.6 Å². The van der Waals surface area contributed by atoms with Gasteiger partial charge < -0.3 is 5.32 Å². The van der Waals surface area contributed by atoms with Gasteiger partial charge in [0.1, 0.15) is 0 Å². The van der Waals surface area contributed by atoms with Crippen LogP contribution in [0.2, 0.25) is 15.1 Å². The molecule has 1 heterocycles. The van der Waals surface area contributed by atoms with Crippen molar-refractivity contribution in [1.29, 1.82) is 0 Å². The van der Waals surface area contributed by atoms with E-state index in [0.29, 0.717) is 41.2 Å². The summed E-state index contributed by atoms with van der Waals surface area (Å²) in [5.74, 6) is 0.952. The number of halogens is 3. The Morgan fingerprint density at radius 1 is 1.03 bits per heavy atom. The Morgan fingerprint density at radius 2 is 1.77 bits per heavy atom. The van der Waals surface area contributed by atoms with Crippen molar-refractivity contribution in [2.45, 2.75) is 23.5 Å². The second kappa shape index (κ2) is 10.6. The second-order valence-electron chi connectivity index (χ2n) is 6.80. The van der Waals surface area contributed by atoms with Crippen molar-refractivity contribution in [2.75, 3.05) is 25.4 Å². The second-order valence-corrected chi connectivity index (χ2v) is 11.1. The van der Waals surface area contributed by atoms with Gasteiger partial charge in [0, 0.05) is 41.2 Å². The number of rotatable bonds is 8. The Morgan fingerprint density at radius 3 is 2.47 bits per heavy atom. The number of benzene rings is 2. The molecule has 1 saturated heterocycles. The summed E-state index contributed by atoms with van der Waals surface area (Å²) in [6, 6.07) is 9.62. The minimum Gasteiger partial charge on any atom is -0.351 e. The molecule has 0 bridgehead atoms. The quantitative estimate of drug-likeness (QED) is 0.505. The fraction of sp³-hybridized carbons (Fsp3) is 0.350. The zero-order valence-electron chi connectivity index (χ0n) is 16.0. The molecule has 162 valence electrons. The highest BCUT2D eigenvalue weighted by molar-refractivity contribution is 7.98. The molecule has 0 atom stereocenters. The third-order valence-electron chi connectivity index (χ3n) is 4.69. The highest BCUT2D eigenvalue weighted by atomic mass is 35.5. The molecule has 0 saturated carbocycles. The van der Waals surface area contributed by atoms with Gasteiger partial charge in [0.05, 0.1) is 15.5 Å². The number of carbonyl (C=O) groups is 1. The molecule has 1 aliphatic rings. The fourth-order valence-electron chi connectivity index (χ4n) is 3.07.